The molecule has 0 saturated carbocycles. The summed E-state index contributed by atoms with van der Waals surface area (Å²) in [6.07, 6.45) is 2.57. The van der Waals surface area contributed by atoms with Gasteiger partial charge in [-0.25, -0.2) is 4.98 Å². The van der Waals surface area contributed by atoms with E-state index in [-0.39, 0.29) is 25.2 Å². The Morgan fingerprint density at radius 1 is 1.07 bits per heavy atom. The number of rotatable bonds is 7. The number of aryl methyl sites for hydroxylation is 1. The summed E-state index contributed by atoms with van der Waals surface area (Å²) in [7, 11) is 0. The van der Waals surface area contributed by atoms with E-state index < -0.39 is 0 Å². The topological polar surface area (TPSA) is 94.5 Å². The summed E-state index contributed by atoms with van der Waals surface area (Å²) in [5.74, 6) is 0.576. The van der Waals surface area contributed by atoms with Gasteiger partial charge in [0.05, 0.1) is 23.9 Å². The van der Waals surface area contributed by atoms with Gasteiger partial charge in [-0.2, -0.15) is 0 Å². The third-order valence-electron chi connectivity index (χ3n) is 4.47. The molecule has 144 valence electrons. The minimum Gasteiger partial charge on any atom is -0.454 e. The number of benzene rings is 2. The third kappa shape index (κ3) is 3.90. The SMILES string of the molecule is O=C(CNC(=O)c1ccc2c(c1)OCO2)NCCCn1cnc2ccccc21. The molecule has 0 fully saturated rings. The lowest BCUT2D eigenvalue weighted by molar-refractivity contribution is -0.120. The molecule has 2 amide bonds. The number of carbonyl (C=O) groups is 2. The average Bonchev–Trinajstić information content (AvgIpc) is 3.35. The largest absolute Gasteiger partial charge is 0.454 e. The van der Waals surface area contributed by atoms with Gasteiger partial charge < -0.3 is 24.7 Å². The van der Waals surface area contributed by atoms with Crippen LogP contribution in [0.15, 0.2) is 48.8 Å². The molecule has 0 atom stereocenters. The van der Waals surface area contributed by atoms with Crippen molar-refractivity contribution < 1.29 is 19.1 Å². The van der Waals surface area contributed by atoms with Crippen molar-refractivity contribution in [2.45, 2.75) is 13.0 Å². The van der Waals surface area contributed by atoms with Crippen molar-refractivity contribution in [1.82, 2.24) is 20.2 Å². The minimum absolute atomic E-state index is 0.0821. The van der Waals surface area contributed by atoms with Gasteiger partial charge in [-0.15, -0.1) is 0 Å². The Morgan fingerprint density at radius 2 is 1.93 bits per heavy atom. The lowest BCUT2D eigenvalue weighted by Gasteiger charge is -2.08. The molecular weight excluding hydrogens is 360 g/mol. The number of fused-ring (bicyclic) bond motifs is 2. The van der Waals surface area contributed by atoms with E-state index in [1.807, 2.05) is 24.3 Å². The van der Waals surface area contributed by atoms with E-state index in [4.69, 9.17) is 9.47 Å². The molecule has 2 heterocycles. The number of carbonyl (C=O) groups excluding carboxylic acids is 2. The average molecular weight is 380 g/mol. The molecule has 8 heteroatoms. The molecule has 0 radical (unpaired) electrons. The number of nitrogens with zero attached hydrogens (tertiary/aromatic N) is 2. The van der Waals surface area contributed by atoms with E-state index in [9.17, 15) is 9.59 Å². The fraction of sp³-hybridized carbons (Fsp3) is 0.250. The molecular formula is C20H20N4O4. The molecule has 0 unspecified atom stereocenters. The molecule has 0 bridgehead atoms. The first kappa shape index (κ1) is 17.8. The molecule has 1 aliphatic heterocycles. The van der Waals surface area contributed by atoms with Crippen LogP contribution in [0.4, 0.5) is 0 Å². The van der Waals surface area contributed by atoms with E-state index in [1.165, 1.54) is 0 Å². The number of imidazole rings is 1. The smallest absolute Gasteiger partial charge is 0.251 e. The van der Waals surface area contributed by atoms with Crippen molar-refractivity contribution in [2.75, 3.05) is 19.9 Å². The maximum atomic E-state index is 12.2. The highest BCUT2D eigenvalue weighted by Crippen LogP contribution is 2.32. The minimum atomic E-state index is -0.335. The molecule has 0 saturated heterocycles. The van der Waals surface area contributed by atoms with Gasteiger partial charge in [0.2, 0.25) is 12.7 Å². The second-order valence-corrected chi connectivity index (χ2v) is 6.38. The van der Waals surface area contributed by atoms with E-state index in [1.54, 1.807) is 24.5 Å². The molecule has 3 aromatic rings. The van der Waals surface area contributed by atoms with Crippen molar-refractivity contribution in [1.29, 1.82) is 0 Å². The van der Waals surface area contributed by atoms with Gasteiger partial charge in [-0.3, -0.25) is 9.59 Å². The third-order valence-corrected chi connectivity index (χ3v) is 4.47. The Morgan fingerprint density at radius 3 is 2.86 bits per heavy atom. The van der Waals surface area contributed by atoms with E-state index >= 15 is 0 Å². The highest BCUT2D eigenvalue weighted by molar-refractivity contribution is 5.97. The molecule has 0 spiro atoms. The van der Waals surface area contributed by atoms with Crippen LogP contribution in [0.25, 0.3) is 11.0 Å². The van der Waals surface area contributed by atoms with Crippen LogP contribution in [0.1, 0.15) is 16.8 Å². The summed E-state index contributed by atoms with van der Waals surface area (Å²) in [4.78, 5) is 28.5. The Balaban J connectivity index is 1.19. The summed E-state index contributed by atoms with van der Waals surface area (Å²) in [5.41, 5.74) is 2.45. The molecule has 2 aromatic carbocycles. The maximum Gasteiger partial charge on any atom is 0.251 e. The highest BCUT2D eigenvalue weighted by atomic mass is 16.7. The van der Waals surface area contributed by atoms with Crippen LogP contribution >= 0.6 is 0 Å². The van der Waals surface area contributed by atoms with Gasteiger partial charge in [-0.1, -0.05) is 12.1 Å². The van der Waals surface area contributed by atoms with Crippen LogP contribution in [-0.4, -0.2) is 41.2 Å². The Bertz CT molecular complexity index is 1010. The number of hydrogen-bond acceptors (Lipinski definition) is 5. The van der Waals surface area contributed by atoms with Crippen LogP contribution in [-0.2, 0) is 11.3 Å². The van der Waals surface area contributed by atoms with Crippen molar-refractivity contribution in [3.8, 4) is 11.5 Å². The first-order valence-corrected chi connectivity index (χ1v) is 9.05. The first-order valence-electron chi connectivity index (χ1n) is 9.05. The van der Waals surface area contributed by atoms with Crippen molar-refractivity contribution in [3.05, 3.63) is 54.4 Å². The van der Waals surface area contributed by atoms with Crippen molar-refractivity contribution in [2.24, 2.45) is 0 Å². The lowest BCUT2D eigenvalue weighted by Crippen LogP contribution is -2.37. The van der Waals surface area contributed by atoms with E-state index in [2.05, 4.69) is 20.2 Å². The number of para-hydroxylation sites is 2. The fourth-order valence-electron chi connectivity index (χ4n) is 3.03. The van der Waals surface area contributed by atoms with Crippen LogP contribution < -0.4 is 20.1 Å². The summed E-state index contributed by atoms with van der Waals surface area (Å²) >= 11 is 0. The lowest BCUT2D eigenvalue weighted by atomic mass is 10.2. The second kappa shape index (κ2) is 7.99. The molecule has 1 aliphatic rings. The van der Waals surface area contributed by atoms with Crippen LogP contribution in [0.3, 0.4) is 0 Å². The number of amides is 2. The summed E-state index contributed by atoms with van der Waals surface area (Å²) in [6, 6.07) is 12.8. The monoisotopic (exact) mass is 380 g/mol. The van der Waals surface area contributed by atoms with Gasteiger partial charge in [0.25, 0.3) is 5.91 Å². The van der Waals surface area contributed by atoms with Crippen LogP contribution in [0.5, 0.6) is 11.5 Å². The Kier molecular flexibility index (Phi) is 5.09. The first-order chi connectivity index (χ1) is 13.7. The van der Waals surface area contributed by atoms with Crippen molar-refractivity contribution in [3.63, 3.8) is 0 Å². The van der Waals surface area contributed by atoms with Gasteiger partial charge in [-0.05, 0) is 36.8 Å². The number of nitrogens with one attached hydrogen (secondary N) is 2. The number of aromatic nitrogens is 2. The van der Waals surface area contributed by atoms with E-state index in [0.717, 1.165) is 24.0 Å². The molecule has 28 heavy (non-hydrogen) atoms. The standard InChI is InChI=1S/C20H20N4O4/c25-19(11-22-20(26)14-6-7-17-18(10-14)28-13-27-17)21-8-3-9-24-12-23-15-4-1-2-5-16(15)24/h1-2,4-7,10,12H,3,8-9,11,13H2,(H,21,25)(H,22,26). The predicted octanol–water partition coefficient (Wildman–Crippen LogP) is 1.70. The number of ether oxygens (including phenoxy) is 2. The van der Waals surface area contributed by atoms with E-state index in [0.29, 0.717) is 23.6 Å². The quantitative estimate of drug-likeness (QED) is 0.609. The second-order valence-electron chi connectivity index (χ2n) is 6.38. The molecule has 1 aromatic heterocycles. The molecule has 4 rings (SSSR count). The maximum absolute atomic E-state index is 12.2. The summed E-state index contributed by atoms with van der Waals surface area (Å²) < 4.78 is 12.5. The molecule has 0 aliphatic carbocycles. The molecule has 2 N–H and O–H groups in total. The molecule has 8 nitrogen and oxygen atoms in total. The van der Waals surface area contributed by atoms with Gasteiger partial charge in [0.1, 0.15) is 0 Å². The summed E-state index contributed by atoms with van der Waals surface area (Å²) in [5, 5.41) is 5.42. The highest BCUT2D eigenvalue weighted by Gasteiger charge is 2.16. The summed E-state index contributed by atoms with van der Waals surface area (Å²) in [6.45, 7) is 1.34. The fourth-order valence-corrected chi connectivity index (χ4v) is 3.03. The number of hydrogen-bond donors (Lipinski definition) is 2. The normalized spacial score (nSPS) is 12.1. The zero-order valence-electron chi connectivity index (χ0n) is 15.2. The predicted molar refractivity (Wildman–Crippen MR) is 102 cm³/mol. The van der Waals surface area contributed by atoms with Gasteiger partial charge >= 0.3 is 0 Å². The zero-order valence-corrected chi connectivity index (χ0v) is 15.2. The zero-order chi connectivity index (χ0) is 19.3. The van der Waals surface area contributed by atoms with Gasteiger partial charge in [0, 0.05) is 18.7 Å². The Labute approximate surface area is 161 Å². The Hall–Kier alpha value is -3.55. The van der Waals surface area contributed by atoms with Crippen molar-refractivity contribution >= 4 is 22.8 Å². The van der Waals surface area contributed by atoms with Gasteiger partial charge in [0.15, 0.2) is 11.5 Å². The van der Waals surface area contributed by atoms with Crippen LogP contribution in [0.2, 0.25) is 0 Å². The van der Waals surface area contributed by atoms with Crippen LogP contribution in [0, 0.1) is 0 Å².